The monoisotopic (exact) mass is 280 g/mol. The largest absolute Gasteiger partial charge is 0.481 e. The van der Waals surface area contributed by atoms with Crippen LogP contribution in [0.25, 0.3) is 0 Å². The van der Waals surface area contributed by atoms with Crippen LogP contribution in [-0.4, -0.2) is 39.4 Å². The van der Waals surface area contributed by atoms with Crippen molar-refractivity contribution < 1.29 is 19.6 Å². The third-order valence-electron chi connectivity index (χ3n) is 2.78. The van der Waals surface area contributed by atoms with Crippen molar-refractivity contribution in [3.8, 4) is 0 Å². The molecule has 108 valence electrons. The smallest absolute Gasteiger partial charge is 0.305 e. The number of nitro groups is 1. The fourth-order valence-corrected chi connectivity index (χ4v) is 1.70. The number of hydrogen-bond acceptors (Lipinski definition) is 4. The molecular weight excluding hydrogens is 264 g/mol. The quantitative estimate of drug-likeness (QED) is 0.633. The summed E-state index contributed by atoms with van der Waals surface area (Å²) < 4.78 is 0. The van der Waals surface area contributed by atoms with Crippen LogP contribution >= 0.6 is 0 Å². The molecule has 1 aromatic rings. The van der Waals surface area contributed by atoms with E-state index in [0.29, 0.717) is 5.56 Å². The molecule has 0 radical (unpaired) electrons. The average Bonchev–Trinajstić information content (AvgIpc) is 2.38. The van der Waals surface area contributed by atoms with Crippen LogP contribution in [0.5, 0.6) is 0 Å². The van der Waals surface area contributed by atoms with Gasteiger partial charge in [-0.25, -0.2) is 0 Å². The van der Waals surface area contributed by atoms with Gasteiger partial charge in [0.25, 0.3) is 11.6 Å². The number of amides is 1. The van der Waals surface area contributed by atoms with E-state index in [9.17, 15) is 19.7 Å². The molecule has 0 atom stereocenters. The van der Waals surface area contributed by atoms with Crippen LogP contribution in [-0.2, 0) is 4.79 Å². The van der Waals surface area contributed by atoms with Gasteiger partial charge in [0.15, 0.2) is 0 Å². The topological polar surface area (TPSA) is 101 Å². The lowest BCUT2D eigenvalue weighted by molar-refractivity contribution is -0.384. The van der Waals surface area contributed by atoms with Gasteiger partial charge < -0.3 is 10.0 Å². The Hall–Kier alpha value is -2.44. The summed E-state index contributed by atoms with van der Waals surface area (Å²) in [6.45, 7) is 3.67. The summed E-state index contributed by atoms with van der Waals surface area (Å²) in [6, 6.07) is 5.09. The Bertz CT molecular complexity index is 510. The highest BCUT2D eigenvalue weighted by atomic mass is 16.6. The molecule has 20 heavy (non-hydrogen) atoms. The molecule has 1 amide bonds. The van der Waals surface area contributed by atoms with Crippen molar-refractivity contribution in [1.82, 2.24) is 4.90 Å². The van der Waals surface area contributed by atoms with Gasteiger partial charge in [0.2, 0.25) is 0 Å². The number of nitro benzene ring substituents is 1. The molecule has 1 aromatic carbocycles. The Labute approximate surface area is 116 Å². The number of benzene rings is 1. The second-order valence-corrected chi connectivity index (χ2v) is 4.54. The van der Waals surface area contributed by atoms with Gasteiger partial charge in [0, 0.05) is 30.3 Å². The van der Waals surface area contributed by atoms with Crippen LogP contribution in [0, 0.1) is 10.1 Å². The van der Waals surface area contributed by atoms with E-state index in [1.165, 1.54) is 29.2 Å². The van der Waals surface area contributed by atoms with E-state index in [1.54, 1.807) is 13.8 Å². The highest BCUT2D eigenvalue weighted by Gasteiger charge is 2.20. The van der Waals surface area contributed by atoms with Crippen molar-refractivity contribution in [1.29, 1.82) is 0 Å². The Morgan fingerprint density at radius 3 is 2.25 bits per heavy atom. The minimum absolute atomic E-state index is 0.0943. The van der Waals surface area contributed by atoms with Crippen molar-refractivity contribution in [3.05, 3.63) is 39.9 Å². The lowest BCUT2D eigenvalue weighted by Gasteiger charge is -2.26. The third-order valence-corrected chi connectivity index (χ3v) is 2.78. The molecule has 7 nitrogen and oxygen atoms in total. The lowest BCUT2D eigenvalue weighted by Crippen LogP contribution is -2.38. The second-order valence-electron chi connectivity index (χ2n) is 4.54. The van der Waals surface area contributed by atoms with E-state index >= 15 is 0 Å². The van der Waals surface area contributed by atoms with Gasteiger partial charge in [-0.1, -0.05) is 0 Å². The number of carbonyl (C=O) groups excluding carboxylic acids is 1. The van der Waals surface area contributed by atoms with Crippen LogP contribution in [0.4, 0.5) is 5.69 Å². The molecule has 0 saturated carbocycles. The number of aliphatic carboxylic acids is 1. The van der Waals surface area contributed by atoms with Crippen LogP contribution in [0.2, 0.25) is 0 Å². The maximum absolute atomic E-state index is 12.2. The molecule has 0 aliphatic carbocycles. The van der Waals surface area contributed by atoms with Gasteiger partial charge in [-0.15, -0.1) is 0 Å². The van der Waals surface area contributed by atoms with Crippen molar-refractivity contribution in [2.24, 2.45) is 0 Å². The maximum Gasteiger partial charge on any atom is 0.305 e. The SMILES string of the molecule is CC(C)N(CCC(=O)O)C(=O)c1ccc([N+](=O)[O-])cc1. The molecule has 0 aromatic heterocycles. The van der Waals surface area contributed by atoms with Crippen molar-refractivity contribution in [2.75, 3.05) is 6.54 Å². The van der Waals surface area contributed by atoms with Crippen molar-refractivity contribution in [3.63, 3.8) is 0 Å². The fraction of sp³-hybridized carbons (Fsp3) is 0.385. The number of rotatable bonds is 6. The Morgan fingerprint density at radius 1 is 1.30 bits per heavy atom. The lowest BCUT2D eigenvalue weighted by atomic mass is 10.1. The molecular formula is C13H16N2O5. The highest BCUT2D eigenvalue weighted by molar-refractivity contribution is 5.94. The van der Waals surface area contributed by atoms with Crippen molar-refractivity contribution in [2.45, 2.75) is 26.3 Å². The van der Waals surface area contributed by atoms with E-state index in [-0.39, 0.29) is 30.6 Å². The van der Waals surface area contributed by atoms with E-state index in [2.05, 4.69) is 0 Å². The van der Waals surface area contributed by atoms with E-state index in [0.717, 1.165) is 0 Å². The van der Waals surface area contributed by atoms with Gasteiger partial charge in [0.1, 0.15) is 0 Å². The van der Waals surface area contributed by atoms with Crippen molar-refractivity contribution >= 4 is 17.6 Å². The van der Waals surface area contributed by atoms with E-state index < -0.39 is 10.9 Å². The molecule has 1 N–H and O–H groups in total. The Morgan fingerprint density at radius 2 is 1.85 bits per heavy atom. The highest BCUT2D eigenvalue weighted by Crippen LogP contribution is 2.15. The second kappa shape index (κ2) is 6.65. The van der Waals surface area contributed by atoms with Gasteiger partial charge in [0.05, 0.1) is 11.3 Å². The minimum Gasteiger partial charge on any atom is -0.481 e. The number of carbonyl (C=O) groups is 2. The summed E-state index contributed by atoms with van der Waals surface area (Å²) in [5.41, 5.74) is 0.206. The average molecular weight is 280 g/mol. The molecule has 0 aliphatic heterocycles. The first-order valence-electron chi connectivity index (χ1n) is 6.10. The number of carboxylic acids is 1. The molecule has 0 heterocycles. The van der Waals surface area contributed by atoms with Gasteiger partial charge in [-0.3, -0.25) is 19.7 Å². The number of nitrogens with zero attached hydrogens (tertiary/aromatic N) is 2. The molecule has 0 aliphatic rings. The Kier molecular flexibility index (Phi) is 5.19. The summed E-state index contributed by atoms with van der Waals surface area (Å²) in [5.74, 6) is -1.32. The minimum atomic E-state index is -0.979. The first-order chi connectivity index (χ1) is 9.32. The molecule has 0 spiro atoms. The summed E-state index contributed by atoms with van der Waals surface area (Å²) in [7, 11) is 0. The molecule has 0 fully saturated rings. The fourth-order valence-electron chi connectivity index (χ4n) is 1.70. The van der Waals surface area contributed by atoms with Crippen LogP contribution in [0.1, 0.15) is 30.6 Å². The first kappa shape index (κ1) is 15.6. The Balaban J connectivity index is 2.88. The third kappa shape index (κ3) is 4.04. The zero-order valence-corrected chi connectivity index (χ0v) is 11.3. The molecule has 0 unspecified atom stereocenters. The molecule has 1 rings (SSSR count). The number of non-ortho nitro benzene ring substituents is 1. The number of carboxylic acid groups (broad SMARTS) is 1. The summed E-state index contributed by atoms with van der Waals surface area (Å²) in [5, 5.41) is 19.2. The van der Waals surface area contributed by atoms with E-state index in [4.69, 9.17) is 5.11 Å². The number of hydrogen-bond donors (Lipinski definition) is 1. The van der Waals surface area contributed by atoms with Gasteiger partial charge in [-0.05, 0) is 26.0 Å². The maximum atomic E-state index is 12.2. The van der Waals surface area contributed by atoms with E-state index in [1.807, 2.05) is 0 Å². The van der Waals surface area contributed by atoms with Gasteiger partial charge in [-0.2, -0.15) is 0 Å². The van der Waals surface area contributed by atoms with Crippen LogP contribution in [0.3, 0.4) is 0 Å². The predicted molar refractivity (Wildman–Crippen MR) is 71.5 cm³/mol. The first-order valence-corrected chi connectivity index (χ1v) is 6.10. The zero-order chi connectivity index (χ0) is 15.3. The standard InChI is InChI=1S/C13H16N2O5/c1-9(2)14(8-7-12(16)17)13(18)10-3-5-11(6-4-10)15(19)20/h3-6,9H,7-8H2,1-2H3,(H,16,17). The molecule has 0 saturated heterocycles. The molecule has 7 heteroatoms. The predicted octanol–water partition coefficient (Wildman–Crippen LogP) is 1.92. The summed E-state index contributed by atoms with van der Waals surface area (Å²) in [4.78, 5) is 34.3. The zero-order valence-electron chi connectivity index (χ0n) is 11.3. The molecule has 0 bridgehead atoms. The normalized spacial score (nSPS) is 10.3. The van der Waals surface area contributed by atoms with Crippen LogP contribution < -0.4 is 0 Å². The summed E-state index contributed by atoms with van der Waals surface area (Å²) in [6.07, 6.45) is -0.142. The van der Waals surface area contributed by atoms with Crippen LogP contribution in [0.15, 0.2) is 24.3 Å². The van der Waals surface area contributed by atoms with Gasteiger partial charge >= 0.3 is 5.97 Å². The summed E-state index contributed by atoms with van der Waals surface area (Å²) >= 11 is 0.